The Morgan fingerprint density at radius 2 is 1.80 bits per heavy atom. The minimum absolute atomic E-state index is 0.734. The second-order valence-electron chi connectivity index (χ2n) is 3.37. The molecule has 15 heavy (non-hydrogen) atoms. The average Bonchev–Trinajstić information content (AvgIpc) is 2.28. The number of benzene rings is 1. The minimum atomic E-state index is 0.734. The van der Waals surface area contributed by atoms with E-state index in [2.05, 4.69) is 13.8 Å². The zero-order valence-electron chi connectivity index (χ0n) is 9.89. The van der Waals surface area contributed by atoms with Gasteiger partial charge in [-0.2, -0.15) is 0 Å². The lowest BCUT2D eigenvalue weighted by molar-refractivity contribution is 0.387. The molecule has 0 atom stereocenters. The van der Waals surface area contributed by atoms with E-state index in [0.29, 0.717) is 0 Å². The van der Waals surface area contributed by atoms with Gasteiger partial charge < -0.3 is 15.2 Å². The predicted molar refractivity (Wildman–Crippen MR) is 62.7 cm³/mol. The normalized spacial score (nSPS) is 10.1. The second kappa shape index (κ2) is 4.91. The predicted octanol–water partition coefficient (Wildman–Crippen LogP) is 2.41. The molecule has 0 aromatic heterocycles. The second-order valence-corrected chi connectivity index (χ2v) is 3.37. The van der Waals surface area contributed by atoms with Crippen molar-refractivity contribution in [1.82, 2.24) is 0 Å². The highest BCUT2D eigenvalue weighted by molar-refractivity contribution is 5.66. The van der Waals surface area contributed by atoms with Gasteiger partial charge in [-0.05, 0) is 24.5 Å². The van der Waals surface area contributed by atoms with E-state index in [-0.39, 0.29) is 0 Å². The third-order valence-corrected chi connectivity index (χ3v) is 2.63. The summed E-state index contributed by atoms with van der Waals surface area (Å²) in [6.45, 7) is 4.13. The molecule has 0 saturated heterocycles. The van der Waals surface area contributed by atoms with Crippen molar-refractivity contribution >= 4 is 5.69 Å². The van der Waals surface area contributed by atoms with Crippen LogP contribution < -0.4 is 15.2 Å². The fourth-order valence-electron chi connectivity index (χ4n) is 1.79. The third kappa shape index (κ3) is 2.01. The Kier molecular flexibility index (Phi) is 3.83. The lowest BCUT2D eigenvalue weighted by atomic mass is 10.0. The van der Waals surface area contributed by atoms with Crippen molar-refractivity contribution in [3.63, 3.8) is 0 Å². The molecule has 0 unspecified atom stereocenters. The number of methoxy groups -OCH3 is 2. The van der Waals surface area contributed by atoms with Gasteiger partial charge in [0.1, 0.15) is 11.5 Å². The summed E-state index contributed by atoms with van der Waals surface area (Å²) in [7, 11) is 3.31. The number of rotatable bonds is 4. The molecule has 1 rings (SSSR count). The van der Waals surface area contributed by atoms with E-state index in [1.165, 1.54) is 0 Å². The van der Waals surface area contributed by atoms with Crippen molar-refractivity contribution in [1.29, 1.82) is 0 Å². The van der Waals surface area contributed by atoms with E-state index < -0.39 is 0 Å². The van der Waals surface area contributed by atoms with E-state index in [9.17, 15) is 0 Å². The molecule has 0 saturated carbocycles. The molecule has 3 heteroatoms. The van der Waals surface area contributed by atoms with Crippen molar-refractivity contribution in [3.8, 4) is 11.5 Å². The van der Waals surface area contributed by atoms with Gasteiger partial charge >= 0.3 is 0 Å². The minimum Gasteiger partial charge on any atom is -0.496 e. The van der Waals surface area contributed by atoms with Gasteiger partial charge in [0.25, 0.3) is 0 Å². The van der Waals surface area contributed by atoms with Gasteiger partial charge in [-0.3, -0.25) is 0 Å². The van der Waals surface area contributed by atoms with Gasteiger partial charge in [0, 0.05) is 5.56 Å². The topological polar surface area (TPSA) is 44.5 Å². The Morgan fingerprint density at radius 1 is 1.13 bits per heavy atom. The number of ether oxygens (including phenoxy) is 2. The van der Waals surface area contributed by atoms with Gasteiger partial charge in [0.05, 0.1) is 19.9 Å². The summed E-state index contributed by atoms with van der Waals surface area (Å²) in [6, 6.07) is 2.00. The highest BCUT2D eigenvalue weighted by Gasteiger charge is 2.15. The lowest BCUT2D eigenvalue weighted by Gasteiger charge is -2.16. The summed E-state index contributed by atoms with van der Waals surface area (Å²) in [5, 5.41) is 0. The zero-order valence-corrected chi connectivity index (χ0v) is 9.89. The molecule has 0 radical (unpaired) electrons. The summed E-state index contributed by atoms with van der Waals surface area (Å²) >= 11 is 0. The van der Waals surface area contributed by atoms with Crippen molar-refractivity contribution < 1.29 is 9.47 Å². The summed E-state index contributed by atoms with van der Waals surface area (Å²) in [4.78, 5) is 0. The maximum atomic E-state index is 6.02. The maximum Gasteiger partial charge on any atom is 0.148 e. The fraction of sp³-hybridized carbons (Fsp3) is 0.500. The van der Waals surface area contributed by atoms with Crippen molar-refractivity contribution in [3.05, 3.63) is 17.2 Å². The molecule has 2 N–H and O–H groups in total. The molecular formula is C12H19NO2. The van der Waals surface area contributed by atoms with Crippen LogP contribution in [0.2, 0.25) is 0 Å². The molecule has 0 spiro atoms. The van der Waals surface area contributed by atoms with Gasteiger partial charge in [-0.1, -0.05) is 13.8 Å². The van der Waals surface area contributed by atoms with Crippen LogP contribution in [0.3, 0.4) is 0 Å². The summed E-state index contributed by atoms with van der Waals surface area (Å²) in [6.07, 6.45) is 1.73. The van der Waals surface area contributed by atoms with E-state index in [1.54, 1.807) is 14.2 Å². The number of hydrogen-bond acceptors (Lipinski definition) is 3. The molecule has 1 aromatic carbocycles. The smallest absolute Gasteiger partial charge is 0.148 e. The highest BCUT2D eigenvalue weighted by atomic mass is 16.5. The van der Waals surface area contributed by atoms with E-state index in [0.717, 1.165) is 41.2 Å². The fourth-order valence-corrected chi connectivity index (χ4v) is 1.79. The van der Waals surface area contributed by atoms with Gasteiger partial charge in [0.2, 0.25) is 0 Å². The third-order valence-electron chi connectivity index (χ3n) is 2.63. The molecule has 0 aliphatic carbocycles. The number of nitrogen functional groups attached to an aromatic ring is 1. The van der Waals surface area contributed by atoms with Crippen molar-refractivity contribution in [2.45, 2.75) is 26.7 Å². The molecule has 84 valence electrons. The molecule has 0 aliphatic heterocycles. The molecule has 0 fully saturated rings. The van der Waals surface area contributed by atoms with Crippen LogP contribution in [0, 0.1) is 0 Å². The van der Waals surface area contributed by atoms with E-state index >= 15 is 0 Å². The number of anilines is 1. The Labute approximate surface area is 91.2 Å². The van der Waals surface area contributed by atoms with Crippen LogP contribution in [0.1, 0.15) is 25.0 Å². The molecular weight excluding hydrogens is 190 g/mol. The van der Waals surface area contributed by atoms with Crippen LogP contribution in [0.25, 0.3) is 0 Å². The monoisotopic (exact) mass is 209 g/mol. The molecule has 1 aromatic rings. The molecule has 0 bridgehead atoms. The quantitative estimate of drug-likeness (QED) is 0.774. The van der Waals surface area contributed by atoms with Crippen LogP contribution in [-0.2, 0) is 12.8 Å². The number of aryl methyl sites for hydroxylation is 1. The average molecular weight is 209 g/mol. The SMILES string of the molecule is CCc1cc(OC)c(CC)c(OC)c1N. The van der Waals surface area contributed by atoms with Crippen LogP contribution in [0.15, 0.2) is 6.07 Å². The Balaban J connectivity index is 3.43. The number of nitrogens with two attached hydrogens (primary N) is 1. The molecule has 0 amide bonds. The Hall–Kier alpha value is -1.38. The van der Waals surface area contributed by atoms with Crippen LogP contribution in [0.5, 0.6) is 11.5 Å². The first-order valence-electron chi connectivity index (χ1n) is 5.21. The van der Waals surface area contributed by atoms with Crippen molar-refractivity contribution in [2.75, 3.05) is 20.0 Å². The molecule has 0 aliphatic rings. The van der Waals surface area contributed by atoms with Gasteiger partial charge in [0.15, 0.2) is 0 Å². The van der Waals surface area contributed by atoms with Crippen LogP contribution in [-0.4, -0.2) is 14.2 Å². The number of hydrogen-bond donors (Lipinski definition) is 1. The largest absolute Gasteiger partial charge is 0.496 e. The molecule has 3 nitrogen and oxygen atoms in total. The van der Waals surface area contributed by atoms with Gasteiger partial charge in [-0.15, -0.1) is 0 Å². The first kappa shape index (κ1) is 11.7. The Bertz CT molecular complexity index is 348. The van der Waals surface area contributed by atoms with Crippen LogP contribution >= 0.6 is 0 Å². The highest BCUT2D eigenvalue weighted by Crippen LogP contribution is 2.37. The zero-order chi connectivity index (χ0) is 11.4. The van der Waals surface area contributed by atoms with E-state index in [4.69, 9.17) is 15.2 Å². The first-order valence-corrected chi connectivity index (χ1v) is 5.21. The van der Waals surface area contributed by atoms with E-state index in [1.807, 2.05) is 6.07 Å². The van der Waals surface area contributed by atoms with Gasteiger partial charge in [-0.25, -0.2) is 0 Å². The molecule has 0 heterocycles. The standard InChI is InChI=1S/C12H19NO2/c1-5-8-7-10(14-3)9(6-2)12(15-4)11(8)13/h7H,5-6,13H2,1-4H3. The lowest BCUT2D eigenvalue weighted by Crippen LogP contribution is -2.03. The first-order chi connectivity index (χ1) is 7.19. The van der Waals surface area contributed by atoms with Crippen LogP contribution in [0.4, 0.5) is 5.69 Å². The summed E-state index contributed by atoms with van der Waals surface area (Å²) in [5.41, 5.74) is 8.86. The summed E-state index contributed by atoms with van der Waals surface area (Å²) < 4.78 is 10.7. The maximum absolute atomic E-state index is 6.02. The van der Waals surface area contributed by atoms with Crippen molar-refractivity contribution in [2.24, 2.45) is 0 Å². The summed E-state index contributed by atoms with van der Waals surface area (Å²) in [5.74, 6) is 1.62. The Morgan fingerprint density at radius 3 is 2.20 bits per heavy atom.